The molecule has 5 heteroatoms. The molecule has 1 unspecified atom stereocenters. The van der Waals surface area contributed by atoms with Gasteiger partial charge in [0, 0.05) is 32.7 Å². The lowest BCUT2D eigenvalue weighted by Gasteiger charge is -2.17. The van der Waals surface area contributed by atoms with E-state index in [0.717, 1.165) is 16.7 Å². The zero-order valence-corrected chi connectivity index (χ0v) is 16.6. The second-order valence-corrected chi connectivity index (χ2v) is 7.33. The maximum absolute atomic E-state index is 12.5. The number of hydrogen-bond donors (Lipinski definition) is 1. The van der Waals surface area contributed by atoms with Crippen LogP contribution in [0.2, 0.25) is 0 Å². The van der Waals surface area contributed by atoms with Crippen LogP contribution in [-0.4, -0.2) is 29.9 Å². The summed E-state index contributed by atoms with van der Waals surface area (Å²) >= 11 is 0. The van der Waals surface area contributed by atoms with Crippen LogP contribution in [0.5, 0.6) is 0 Å². The number of nitrogens with one attached hydrogen (secondary N) is 1. The van der Waals surface area contributed by atoms with Crippen molar-refractivity contribution in [3.63, 3.8) is 0 Å². The number of benzene rings is 2. The van der Waals surface area contributed by atoms with Crippen LogP contribution in [0.15, 0.2) is 48.5 Å². The molecule has 3 rings (SSSR count). The van der Waals surface area contributed by atoms with E-state index in [2.05, 4.69) is 5.32 Å². The van der Waals surface area contributed by atoms with Crippen LogP contribution < -0.4 is 5.32 Å². The van der Waals surface area contributed by atoms with Crippen molar-refractivity contribution in [1.29, 1.82) is 0 Å². The molecule has 0 radical (unpaired) electrons. The number of rotatable bonds is 8. The highest BCUT2D eigenvalue weighted by atomic mass is 16.5. The van der Waals surface area contributed by atoms with E-state index in [-0.39, 0.29) is 24.2 Å². The van der Waals surface area contributed by atoms with Gasteiger partial charge in [0.25, 0.3) is 0 Å². The molecule has 0 spiro atoms. The van der Waals surface area contributed by atoms with Crippen molar-refractivity contribution in [2.24, 2.45) is 5.92 Å². The summed E-state index contributed by atoms with van der Waals surface area (Å²) in [4.78, 5) is 26.6. The molecule has 1 saturated heterocycles. The quantitative estimate of drug-likeness (QED) is 0.765. The summed E-state index contributed by atoms with van der Waals surface area (Å²) < 4.78 is 5.39. The van der Waals surface area contributed by atoms with Crippen molar-refractivity contribution in [3.8, 4) is 0 Å². The van der Waals surface area contributed by atoms with Crippen LogP contribution >= 0.6 is 0 Å². The van der Waals surface area contributed by atoms with E-state index in [1.807, 2.05) is 62.4 Å². The summed E-state index contributed by atoms with van der Waals surface area (Å²) in [6.07, 6.45) is 0.283. The van der Waals surface area contributed by atoms with Gasteiger partial charge in [-0.25, -0.2) is 0 Å². The minimum Gasteiger partial charge on any atom is -0.377 e. The number of carbonyl (C=O) groups excluding carboxylic acids is 2. The SMILES string of the molecule is CCOCc1ccc(CNC(=O)C2CC(=O)N(Cc3ccc(C)cc3)C2)cc1. The summed E-state index contributed by atoms with van der Waals surface area (Å²) in [6.45, 7) is 6.81. The predicted molar refractivity (Wildman–Crippen MR) is 108 cm³/mol. The summed E-state index contributed by atoms with van der Waals surface area (Å²) in [5, 5.41) is 2.97. The van der Waals surface area contributed by atoms with E-state index >= 15 is 0 Å². The van der Waals surface area contributed by atoms with Gasteiger partial charge < -0.3 is 15.0 Å². The number of nitrogens with zero attached hydrogens (tertiary/aromatic N) is 1. The maximum atomic E-state index is 12.5. The summed E-state index contributed by atoms with van der Waals surface area (Å²) in [6, 6.07) is 16.2. The first-order valence-electron chi connectivity index (χ1n) is 9.81. The van der Waals surface area contributed by atoms with E-state index in [1.54, 1.807) is 4.90 Å². The molecule has 148 valence electrons. The van der Waals surface area contributed by atoms with E-state index < -0.39 is 0 Å². The van der Waals surface area contributed by atoms with E-state index in [4.69, 9.17) is 4.74 Å². The van der Waals surface area contributed by atoms with Crippen molar-refractivity contribution in [3.05, 3.63) is 70.8 Å². The molecule has 1 N–H and O–H groups in total. The molecule has 2 amide bonds. The van der Waals surface area contributed by atoms with E-state index in [1.165, 1.54) is 5.56 Å². The number of likely N-dealkylation sites (tertiary alicyclic amines) is 1. The number of carbonyl (C=O) groups is 2. The van der Waals surface area contributed by atoms with Gasteiger partial charge >= 0.3 is 0 Å². The van der Waals surface area contributed by atoms with Crippen LogP contribution in [-0.2, 0) is 34.0 Å². The number of aryl methyl sites for hydroxylation is 1. The zero-order chi connectivity index (χ0) is 19.9. The highest BCUT2D eigenvalue weighted by Crippen LogP contribution is 2.21. The second kappa shape index (κ2) is 9.51. The Morgan fingerprint density at radius 3 is 2.39 bits per heavy atom. The third-order valence-electron chi connectivity index (χ3n) is 5.04. The summed E-state index contributed by atoms with van der Waals surface area (Å²) in [5.74, 6) is -0.297. The average Bonchev–Trinajstić information content (AvgIpc) is 3.07. The molecule has 5 nitrogen and oxygen atoms in total. The van der Waals surface area contributed by atoms with Gasteiger partial charge in [0.05, 0.1) is 12.5 Å². The van der Waals surface area contributed by atoms with Crippen LogP contribution in [0.3, 0.4) is 0 Å². The molecule has 2 aromatic rings. The lowest BCUT2D eigenvalue weighted by molar-refractivity contribution is -0.129. The monoisotopic (exact) mass is 380 g/mol. The van der Waals surface area contributed by atoms with Crippen molar-refractivity contribution in [2.45, 2.75) is 40.0 Å². The topological polar surface area (TPSA) is 58.6 Å². The fourth-order valence-electron chi connectivity index (χ4n) is 3.32. The van der Waals surface area contributed by atoms with Crippen LogP contribution in [0.1, 0.15) is 35.6 Å². The van der Waals surface area contributed by atoms with Crippen LogP contribution in [0.25, 0.3) is 0 Å². The molecule has 1 aliphatic rings. The Morgan fingerprint density at radius 2 is 1.71 bits per heavy atom. The van der Waals surface area contributed by atoms with Crippen molar-refractivity contribution in [1.82, 2.24) is 10.2 Å². The van der Waals surface area contributed by atoms with Gasteiger partial charge in [-0.2, -0.15) is 0 Å². The Bertz CT molecular complexity index is 800. The van der Waals surface area contributed by atoms with Gasteiger partial charge in [-0.05, 0) is 30.5 Å². The minimum absolute atomic E-state index is 0.0426. The molecule has 1 atom stereocenters. The summed E-state index contributed by atoms with van der Waals surface area (Å²) in [5.41, 5.74) is 4.44. The molecule has 1 heterocycles. The predicted octanol–water partition coefficient (Wildman–Crippen LogP) is 3.20. The first-order valence-corrected chi connectivity index (χ1v) is 9.81. The highest BCUT2D eigenvalue weighted by molar-refractivity contribution is 5.89. The van der Waals surface area contributed by atoms with Gasteiger partial charge in [-0.3, -0.25) is 9.59 Å². The van der Waals surface area contributed by atoms with Crippen LogP contribution in [0.4, 0.5) is 0 Å². The summed E-state index contributed by atoms with van der Waals surface area (Å²) in [7, 11) is 0. The van der Waals surface area contributed by atoms with Gasteiger partial charge in [-0.1, -0.05) is 54.1 Å². The fraction of sp³-hybridized carbons (Fsp3) is 0.391. The Balaban J connectivity index is 1.48. The number of ether oxygens (including phenoxy) is 1. The third kappa shape index (κ3) is 5.42. The first kappa shape index (κ1) is 20.1. The lowest BCUT2D eigenvalue weighted by Crippen LogP contribution is -2.32. The van der Waals surface area contributed by atoms with Crippen molar-refractivity contribution in [2.75, 3.05) is 13.2 Å². The van der Waals surface area contributed by atoms with Crippen molar-refractivity contribution >= 4 is 11.8 Å². The zero-order valence-electron chi connectivity index (χ0n) is 16.6. The maximum Gasteiger partial charge on any atom is 0.225 e. The lowest BCUT2D eigenvalue weighted by atomic mass is 10.1. The molecule has 0 saturated carbocycles. The molecular formula is C23H28N2O3. The van der Waals surface area contributed by atoms with E-state index in [0.29, 0.717) is 32.8 Å². The molecule has 2 aromatic carbocycles. The Hall–Kier alpha value is -2.66. The number of amides is 2. The molecule has 0 aromatic heterocycles. The Labute approximate surface area is 166 Å². The molecule has 0 bridgehead atoms. The molecular weight excluding hydrogens is 352 g/mol. The standard InChI is InChI=1S/C23H28N2O3/c1-3-28-16-20-10-8-18(9-11-20)13-24-23(27)21-12-22(26)25(15-21)14-19-6-4-17(2)5-7-19/h4-11,21H,3,12-16H2,1-2H3,(H,24,27). The third-order valence-corrected chi connectivity index (χ3v) is 5.04. The molecule has 28 heavy (non-hydrogen) atoms. The highest BCUT2D eigenvalue weighted by Gasteiger charge is 2.34. The largest absolute Gasteiger partial charge is 0.377 e. The first-order chi connectivity index (χ1) is 13.5. The Morgan fingerprint density at radius 1 is 1.07 bits per heavy atom. The minimum atomic E-state index is -0.282. The Kier molecular flexibility index (Phi) is 6.82. The molecule has 1 aliphatic heterocycles. The average molecular weight is 380 g/mol. The van der Waals surface area contributed by atoms with Gasteiger partial charge in [0.15, 0.2) is 0 Å². The fourth-order valence-corrected chi connectivity index (χ4v) is 3.32. The smallest absolute Gasteiger partial charge is 0.225 e. The van der Waals surface area contributed by atoms with Crippen molar-refractivity contribution < 1.29 is 14.3 Å². The van der Waals surface area contributed by atoms with Crippen LogP contribution in [0, 0.1) is 12.8 Å². The van der Waals surface area contributed by atoms with Gasteiger partial charge in [0.1, 0.15) is 0 Å². The number of hydrogen-bond acceptors (Lipinski definition) is 3. The van der Waals surface area contributed by atoms with Gasteiger partial charge in [-0.15, -0.1) is 0 Å². The molecule has 0 aliphatic carbocycles. The molecule has 1 fully saturated rings. The van der Waals surface area contributed by atoms with E-state index in [9.17, 15) is 9.59 Å². The normalized spacial score (nSPS) is 16.4. The second-order valence-electron chi connectivity index (χ2n) is 7.33. The van der Waals surface area contributed by atoms with Gasteiger partial charge in [0.2, 0.25) is 11.8 Å².